The maximum Gasteiger partial charge on any atom is 0.123 e. The molecule has 0 radical (unpaired) electrons. The lowest BCUT2D eigenvalue weighted by molar-refractivity contribution is -0.113. The van der Waals surface area contributed by atoms with Gasteiger partial charge in [-0.1, -0.05) is 19.1 Å². The Bertz CT molecular complexity index is 566. The molecule has 3 fully saturated rings. The van der Waals surface area contributed by atoms with Crippen LogP contribution in [0.25, 0.3) is 0 Å². The SMILES string of the molecule is CN(Cc1ccc(O[C@]23CCCN(CC2)C3)cc1)CC1(C)COC1. The second kappa shape index (κ2) is 6.32. The topological polar surface area (TPSA) is 24.9 Å². The van der Waals surface area contributed by atoms with E-state index in [2.05, 4.69) is 48.0 Å². The highest BCUT2D eigenvalue weighted by molar-refractivity contribution is 5.28. The molecule has 0 aromatic heterocycles. The first-order valence-electron chi connectivity index (χ1n) is 9.31. The van der Waals surface area contributed by atoms with Crippen LogP contribution in [0.15, 0.2) is 24.3 Å². The van der Waals surface area contributed by atoms with Crippen LogP contribution in [0.1, 0.15) is 31.7 Å². The predicted molar refractivity (Wildman–Crippen MR) is 95.4 cm³/mol. The zero-order valence-corrected chi connectivity index (χ0v) is 15.1. The van der Waals surface area contributed by atoms with E-state index >= 15 is 0 Å². The Morgan fingerprint density at radius 1 is 1.17 bits per heavy atom. The van der Waals surface area contributed by atoms with Gasteiger partial charge in [0.05, 0.1) is 13.2 Å². The van der Waals surface area contributed by atoms with Gasteiger partial charge in [0.1, 0.15) is 11.4 Å². The average Bonchev–Trinajstić information content (AvgIpc) is 2.82. The van der Waals surface area contributed by atoms with E-state index < -0.39 is 0 Å². The standard InChI is InChI=1S/C20H30N2O2/c1-19(15-23-16-19)13-21(2)12-17-4-6-18(7-5-17)24-20-8-3-10-22(14-20)11-9-20/h4-7H,3,8-16H2,1-2H3/t20-/m1/s1. The molecule has 0 aliphatic carbocycles. The molecule has 2 atom stereocenters. The van der Waals surface area contributed by atoms with Gasteiger partial charge in [-0.25, -0.2) is 0 Å². The smallest absolute Gasteiger partial charge is 0.123 e. The summed E-state index contributed by atoms with van der Waals surface area (Å²) in [5, 5.41) is 0. The Labute approximate surface area is 145 Å². The van der Waals surface area contributed by atoms with Gasteiger partial charge in [-0.3, -0.25) is 4.90 Å². The minimum atomic E-state index is 0.0787. The summed E-state index contributed by atoms with van der Waals surface area (Å²) in [7, 11) is 2.20. The lowest BCUT2D eigenvalue weighted by Gasteiger charge is -2.40. The highest BCUT2D eigenvalue weighted by atomic mass is 16.5. The molecule has 132 valence electrons. The molecule has 3 aliphatic rings. The third kappa shape index (κ3) is 3.46. The maximum atomic E-state index is 6.43. The molecule has 1 aromatic rings. The molecule has 0 saturated carbocycles. The second-order valence-electron chi connectivity index (χ2n) is 8.53. The van der Waals surface area contributed by atoms with Crippen LogP contribution in [-0.2, 0) is 11.3 Å². The van der Waals surface area contributed by atoms with E-state index in [0.29, 0.717) is 5.41 Å². The summed E-state index contributed by atoms with van der Waals surface area (Å²) in [5.41, 5.74) is 1.77. The van der Waals surface area contributed by atoms with Gasteiger partial charge in [-0.05, 0) is 44.1 Å². The first kappa shape index (κ1) is 16.4. The molecule has 0 N–H and O–H groups in total. The Morgan fingerprint density at radius 3 is 2.67 bits per heavy atom. The zero-order valence-electron chi connectivity index (χ0n) is 15.1. The number of ether oxygens (including phenoxy) is 2. The van der Waals surface area contributed by atoms with Gasteiger partial charge in [-0.15, -0.1) is 0 Å². The summed E-state index contributed by atoms with van der Waals surface area (Å²) in [6, 6.07) is 8.75. The molecule has 4 nitrogen and oxygen atoms in total. The van der Waals surface area contributed by atoms with Crippen molar-refractivity contribution in [2.45, 2.75) is 38.3 Å². The highest BCUT2D eigenvalue weighted by Gasteiger charge is 2.42. The quantitative estimate of drug-likeness (QED) is 0.801. The summed E-state index contributed by atoms with van der Waals surface area (Å²) in [5.74, 6) is 1.03. The average molecular weight is 330 g/mol. The Hall–Kier alpha value is -1.10. The van der Waals surface area contributed by atoms with Crippen molar-refractivity contribution in [2.24, 2.45) is 5.41 Å². The normalized spacial score (nSPS) is 31.0. The van der Waals surface area contributed by atoms with Gasteiger partial charge in [0.15, 0.2) is 0 Å². The number of benzene rings is 1. The van der Waals surface area contributed by atoms with Crippen molar-refractivity contribution in [3.63, 3.8) is 0 Å². The fraction of sp³-hybridized carbons (Fsp3) is 0.700. The van der Waals surface area contributed by atoms with Crippen LogP contribution in [-0.4, -0.2) is 61.8 Å². The van der Waals surface area contributed by atoms with Gasteiger partial charge < -0.3 is 14.4 Å². The van der Waals surface area contributed by atoms with Gasteiger partial charge in [-0.2, -0.15) is 0 Å². The van der Waals surface area contributed by atoms with Crippen LogP contribution >= 0.6 is 0 Å². The maximum absolute atomic E-state index is 6.43. The molecule has 1 aromatic carbocycles. The monoisotopic (exact) mass is 330 g/mol. The third-order valence-electron chi connectivity index (χ3n) is 5.77. The first-order valence-corrected chi connectivity index (χ1v) is 9.31. The molecule has 3 heterocycles. The van der Waals surface area contributed by atoms with Crippen molar-refractivity contribution in [2.75, 3.05) is 46.4 Å². The fourth-order valence-electron chi connectivity index (χ4n) is 4.56. The summed E-state index contributed by atoms with van der Waals surface area (Å²) in [6.45, 7) is 9.72. The van der Waals surface area contributed by atoms with Crippen LogP contribution in [0.3, 0.4) is 0 Å². The van der Waals surface area contributed by atoms with E-state index in [0.717, 1.165) is 38.6 Å². The summed E-state index contributed by atoms with van der Waals surface area (Å²) < 4.78 is 11.8. The molecule has 4 rings (SSSR count). The van der Waals surface area contributed by atoms with E-state index in [1.807, 2.05) is 0 Å². The van der Waals surface area contributed by atoms with E-state index in [1.165, 1.54) is 37.9 Å². The second-order valence-corrected chi connectivity index (χ2v) is 8.53. The van der Waals surface area contributed by atoms with Crippen LogP contribution in [0.4, 0.5) is 0 Å². The summed E-state index contributed by atoms with van der Waals surface area (Å²) in [6.07, 6.45) is 3.65. The number of nitrogens with zero attached hydrogens (tertiary/aromatic N) is 2. The largest absolute Gasteiger partial charge is 0.486 e. The van der Waals surface area contributed by atoms with Gasteiger partial charge in [0.2, 0.25) is 0 Å². The Kier molecular flexibility index (Phi) is 4.31. The van der Waals surface area contributed by atoms with Crippen LogP contribution in [0.2, 0.25) is 0 Å². The molecule has 4 heteroatoms. The Balaban J connectivity index is 1.33. The molecule has 0 amide bonds. The number of piperidine rings is 1. The highest BCUT2D eigenvalue weighted by Crippen LogP contribution is 2.35. The molecule has 0 spiro atoms. The molecule has 3 saturated heterocycles. The van der Waals surface area contributed by atoms with E-state index in [9.17, 15) is 0 Å². The van der Waals surface area contributed by atoms with Crippen LogP contribution in [0.5, 0.6) is 5.75 Å². The number of rotatable bonds is 6. The minimum absolute atomic E-state index is 0.0787. The zero-order chi connectivity index (χ0) is 16.6. The summed E-state index contributed by atoms with van der Waals surface area (Å²) >= 11 is 0. The molecular weight excluding hydrogens is 300 g/mol. The third-order valence-corrected chi connectivity index (χ3v) is 5.77. The van der Waals surface area contributed by atoms with E-state index in [4.69, 9.17) is 9.47 Å². The van der Waals surface area contributed by atoms with Crippen LogP contribution < -0.4 is 4.74 Å². The number of hydrogen-bond donors (Lipinski definition) is 0. The van der Waals surface area contributed by atoms with Crippen molar-refractivity contribution < 1.29 is 9.47 Å². The van der Waals surface area contributed by atoms with E-state index in [-0.39, 0.29) is 5.60 Å². The van der Waals surface area contributed by atoms with Gasteiger partial charge in [0, 0.05) is 38.0 Å². The number of fused-ring (bicyclic) bond motifs is 2. The number of hydrogen-bond acceptors (Lipinski definition) is 4. The molecule has 1 unspecified atom stereocenters. The lowest BCUT2D eigenvalue weighted by Crippen LogP contribution is -2.47. The van der Waals surface area contributed by atoms with Crippen LogP contribution in [0, 0.1) is 5.41 Å². The fourth-order valence-corrected chi connectivity index (χ4v) is 4.56. The Morgan fingerprint density at radius 2 is 1.96 bits per heavy atom. The van der Waals surface area contributed by atoms with E-state index in [1.54, 1.807) is 0 Å². The lowest BCUT2D eigenvalue weighted by atomic mass is 9.88. The molecule has 24 heavy (non-hydrogen) atoms. The molecule has 3 aliphatic heterocycles. The van der Waals surface area contributed by atoms with Crippen molar-refractivity contribution in [1.29, 1.82) is 0 Å². The van der Waals surface area contributed by atoms with Crippen molar-refractivity contribution in [3.8, 4) is 5.75 Å². The minimum Gasteiger partial charge on any atom is -0.486 e. The van der Waals surface area contributed by atoms with Gasteiger partial charge >= 0.3 is 0 Å². The van der Waals surface area contributed by atoms with Crippen molar-refractivity contribution >= 4 is 0 Å². The van der Waals surface area contributed by atoms with Crippen molar-refractivity contribution in [3.05, 3.63) is 29.8 Å². The molecule has 2 bridgehead atoms. The first-order chi connectivity index (χ1) is 11.5. The van der Waals surface area contributed by atoms with Gasteiger partial charge in [0.25, 0.3) is 0 Å². The van der Waals surface area contributed by atoms with Crippen molar-refractivity contribution in [1.82, 2.24) is 9.80 Å². The molecular formula is C20H30N2O2. The predicted octanol–water partition coefficient (Wildman–Crippen LogP) is 2.77. The summed E-state index contributed by atoms with van der Waals surface area (Å²) in [4.78, 5) is 4.94.